The average Bonchev–Trinajstić information content (AvgIpc) is 2.39. The molecule has 0 bridgehead atoms. The number of rotatable bonds is 5. The molecule has 0 saturated carbocycles. The summed E-state index contributed by atoms with van der Waals surface area (Å²) < 4.78 is 5.26. The third-order valence-electron chi connectivity index (χ3n) is 3.39. The minimum Gasteiger partial charge on any atom is -0.507 e. The molecular formula is C16H21NO2. The van der Waals surface area contributed by atoms with Crippen molar-refractivity contribution < 1.29 is 9.84 Å². The standard InChI is InChI=1S/C16H21NO2/c1-11(2)15(10-19-3)17-14-8-4-7-13-12(14)6-5-9-16(13)18/h4-9,11,15,17-18H,10H2,1-3H3. The van der Waals surface area contributed by atoms with Crippen molar-refractivity contribution in [3.05, 3.63) is 36.4 Å². The molecular weight excluding hydrogens is 238 g/mol. The number of hydrogen-bond donors (Lipinski definition) is 2. The lowest BCUT2D eigenvalue weighted by Gasteiger charge is -2.23. The van der Waals surface area contributed by atoms with Crippen molar-refractivity contribution in [2.45, 2.75) is 19.9 Å². The fourth-order valence-electron chi connectivity index (χ4n) is 2.20. The molecule has 2 aromatic carbocycles. The van der Waals surface area contributed by atoms with E-state index in [1.54, 1.807) is 13.2 Å². The van der Waals surface area contributed by atoms with Gasteiger partial charge in [-0.15, -0.1) is 0 Å². The summed E-state index contributed by atoms with van der Waals surface area (Å²) in [5.74, 6) is 0.779. The fraction of sp³-hybridized carbons (Fsp3) is 0.375. The van der Waals surface area contributed by atoms with Crippen LogP contribution in [0.25, 0.3) is 10.8 Å². The lowest BCUT2D eigenvalue weighted by atomic mass is 10.0. The number of ether oxygens (including phenoxy) is 1. The average molecular weight is 259 g/mol. The van der Waals surface area contributed by atoms with E-state index >= 15 is 0 Å². The van der Waals surface area contributed by atoms with Crippen LogP contribution in [0.15, 0.2) is 36.4 Å². The Kier molecular flexibility index (Phi) is 4.27. The number of aromatic hydroxyl groups is 1. The molecule has 0 spiro atoms. The van der Waals surface area contributed by atoms with E-state index in [0.29, 0.717) is 18.3 Å². The van der Waals surface area contributed by atoms with E-state index in [0.717, 1.165) is 16.5 Å². The summed E-state index contributed by atoms with van der Waals surface area (Å²) in [4.78, 5) is 0. The lowest BCUT2D eigenvalue weighted by Crippen LogP contribution is -2.30. The molecule has 0 heterocycles. The van der Waals surface area contributed by atoms with Gasteiger partial charge in [0.25, 0.3) is 0 Å². The van der Waals surface area contributed by atoms with Gasteiger partial charge in [0.2, 0.25) is 0 Å². The van der Waals surface area contributed by atoms with Crippen LogP contribution in [0.4, 0.5) is 5.69 Å². The highest BCUT2D eigenvalue weighted by atomic mass is 16.5. The summed E-state index contributed by atoms with van der Waals surface area (Å²) in [5.41, 5.74) is 1.03. The van der Waals surface area contributed by atoms with E-state index in [2.05, 4.69) is 19.2 Å². The van der Waals surface area contributed by atoms with Crippen LogP contribution in [0.1, 0.15) is 13.8 Å². The first-order chi connectivity index (χ1) is 9.13. The van der Waals surface area contributed by atoms with Crippen LogP contribution < -0.4 is 5.32 Å². The molecule has 2 N–H and O–H groups in total. The maximum atomic E-state index is 9.89. The Morgan fingerprint density at radius 2 is 1.79 bits per heavy atom. The minimum atomic E-state index is 0.248. The van der Waals surface area contributed by atoms with Crippen LogP contribution in [0.5, 0.6) is 5.75 Å². The Bertz CT molecular complexity index is 551. The zero-order valence-corrected chi connectivity index (χ0v) is 11.7. The molecule has 102 valence electrons. The molecule has 19 heavy (non-hydrogen) atoms. The molecule has 0 radical (unpaired) electrons. The van der Waals surface area contributed by atoms with E-state index in [1.807, 2.05) is 30.3 Å². The molecule has 1 atom stereocenters. The van der Waals surface area contributed by atoms with Crippen LogP contribution in [0, 0.1) is 5.92 Å². The quantitative estimate of drug-likeness (QED) is 0.861. The maximum absolute atomic E-state index is 9.89. The second-order valence-corrected chi connectivity index (χ2v) is 5.13. The van der Waals surface area contributed by atoms with Gasteiger partial charge < -0.3 is 15.2 Å². The van der Waals surface area contributed by atoms with Gasteiger partial charge in [-0.25, -0.2) is 0 Å². The summed E-state index contributed by atoms with van der Waals surface area (Å²) in [6.07, 6.45) is 0. The summed E-state index contributed by atoms with van der Waals surface area (Å²) in [6.45, 7) is 4.99. The van der Waals surface area contributed by atoms with Crippen LogP contribution >= 0.6 is 0 Å². The predicted octanol–water partition coefficient (Wildman–Crippen LogP) is 3.63. The highest BCUT2D eigenvalue weighted by Gasteiger charge is 2.14. The molecule has 1 unspecified atom stereocenters. The Morgan fingerprint density at radius 3 is 2.47 bits per heavy atom. The maximum Gasteiger partial charge on any atom is 0.123 e. The summed E-state index contributed by atoms with van der Waals surface area (Å²) >= 11 is 0. The van der Waals surface area contributed by atoms with E-state index < -0.39 is 0 Å². The third kappa shape index (κ3) is 2.99. The normalized spacial score (nSPS) is 12.8. The van der Waals surface area contributed by atoms with Gasteiger partial charge >= 0.3 is 0 Å². The fourth-order valence-corrected chi connectivity index (χ4v) is 2.20. The second kappa shape index (κ2) is 5.93. The minimum absolute atomic E-state index is 0.248. The van der Waals surface area contributed by atoms with Crippen LogP contribution in [-0.2, 0) is 4.74 Å². The van der Waals surface area contributed by atoms with Gasteiger partial charge in [0, 0.05) is 23.6 Å². The molecule has 0 amide bonds. The highest BCUT2D eigenvalue weighted by molar-refractivity contribution is 5.97. The van der Waals surface area contributed by atoms with Crippen molar-refractivity contribution >= 4 is 16.5 Å². The van der Waals surface area contributed by atoms with Gasteiger partial charge in [0.05, 0.1) is 12.6 Å². The SMILES string of the molecule is COCC(Nc1cccc2c(O)cccc12)C(C)C. The van der Waals surface area contributed by atoms with Gasteiger partial charge in [0.15, 0.2) is 0 Å². The summed E-state index contributed by atoms with van der Waals surface area (Å²) in [7, 11) is 1.71. The predicted molar refractivity (Wildman–Crippen MR) is 79.7 cm³/mol. The van der Waals surface area contributed by atoms with Crippen molar-refractivity contribution in [1.82, 2.24) is 0 Å². The Hall–Kier alpha value is -1.74. The molecule has 3 nitrogen and oxygen atoms in total. The molecule has 0 aromatic heterocycles. The van der Waals surface area contributed by atoms with Crippen molar-refractivity contribution in [2.75, 3.05) is 19.0 Å². The zero-order valence-electron chi connectivity index (χ0n) is 11.7. The number of anilines is 1. The lowest BCUT2D eigenvalue weighted by molar-refractivity contribution is 0.171. The summed E-state index contributed by atoms with van der Waals surface area (Å²) in [5, 5.41) is 15.3. The number of phenols is 1. The number of phenolic OH excluding ortho intramolecular Hbond substituents is 1. The van der Waals surface area contributed by atoms with Crippen LogP contribution in [0.3, 0.4) is 0 Å². The molecule has 0 aliphatic carbocycles. The van der Waals surface area contributed by atoms with Crippen molar-refractivity contribution in [1.29, 1.82) is 0 Å². The van der Waals surface area contributed by atoms with Gasteiger partial charge in [-0.2, -0.15) is 0 Å². The van der Waals surface area contributed by atoms with Crippen molar-refractivity contribution in [2.24, 2.45) is 5.92 Å². The number of methoxy groups -OCH3 is 1. The van der Waals surface area contributed by atoms with Gasteiger partial charge in [0.1, 0.15) is 5.75 Å². The molecule has 0 aliphatic heterocycles. The number of hydrogen-bond acceptors (Lipinski definition) is 3. The van der Waals surface area contributed by atoms with Gasteiger partial charge in [-0.1, -0.05) is 38.1 Å². The topological polar surface area (TPSA) is 41.5 Å². The molecule has 0 saturated heterocycles. The first-order valence-electron chi connectivity index (χ1n) is 6.59. The van der Waals surface area contributed by atoms with E-state index in [4.69, 9.17) is 4.74 Å². The van der Waals surface area contributed by atoms with Crippen LogP contribution in [0.2, 0.25) is 0 Å². The zero-order chi connectivity index (χ0) is 13.8. The monoisotopic (exact) mass is 259 g/mol. The summed E-state index contributed by atoms with van der Waals surface area (Å²) in [6, 6.07) is 11.8. The third-order valence-corrected chi connectivity index (χ3v) is 3.39. The Labute approximate surface area is 114 Å². The van der Waals surface area contributed by atoms with Gasteiger partial charge in [-0.05, 0) is 18.1 Å². The van der Waals surface area contributed by atoms with Crippen molar-refractivity contribution in [3.63, 3.8) is 0 Å². The molecule has 0 aliphatic rings. The Balaban J connectivity index is 2.37. The number of nitrogens with one attached hydrogen (secondary N) is 1. The van der Waals surface area contributed by atoms with E-state index in [-0.39, 0.29) is 6.04 Å². The Morgan fingerprint density at radius 1 is 1.11 bits per heavy atom. The van der Waals surface area contributed by atoms with E-state index in [1.165, 1.54) is 0 Å². The van der Waals surface area contributed by atoms with E-state index in [9.17, 15) is 5.11 Å². The van der Waals surface area contributed by atoms with Crippen molar-refractivity contribution in [3.8, 4) is 5.75 Å². The smallest absolute Gasteiger partial charge is 0.123 e. The molecule has 2 aromatic rings. The first kappa shape index (κ1) is 13.7. The second-order valence-electron chi connectivity index (χ2n) is 5.13. The highest BCUT2D eigenvalue weighted by Crippen LogP contribution is 2.30. The number of benzene rings is 2. The number of fused-ring (bicyclic) bond motifs is 1. The van der Waals surface area contributed by atoms with Crippen LogP contribution in [-0.4, -0.2) is 24.9 Å². The largest absolute Gasteiger partial charge is 0.507 e. The first-order valence-corrected chi connectivity index (χ1v) is 6.59. The molecule has 0 fully saturated rings. The molecule has 2 rings (SSSR count). The van der Waals surface area contributed by atoms with Gasteiger partial charge in [-0.3, -0.25) is 0 Å². The molecule has 3 heteroatoms.